The molecule has 0 aromatic heterocycles. The average molecular weight is 216 g/mol. The van der Waals surface area contributed by atoms with Crippen molar-refractivity contribution in [1.29, 1.82) is 0 Å². The minimum atomic E-state index is 0.314. The van der Waals surface area contributed by atoms with Gasteiger partial charge in [0, 0.05) is 17.6 Å². The Kier molecular flexibility index (Phi) is 2.21. The number of carbonyl (C=O) groups excluding carboxylic acids is 1. The van der Waals surface area contributed by atoms with Gasteiger partial charge in [-0.2, -0.15) is 0 Å². The van der Waals surface area contributed by atoms with Gasteiger partial charge in [0.15, 0.2) is 0 Å². The molecule has 0 spiro atoms. The number of nitrogens with two attached hydrogens (primary N) is 1. The highest BCUT2D eigenvalue weighted by atomic mass is 16.2. The van der Waals surface area contributed by atoms with E-state index in [1.54, 1.807) is 0 Å². The molecule has 2 N–H and O–H groups in total. The van der Waals surface area contributed by atoms with E-state index in [0.717, 1.165) is 24.9 Å². The molecule has 4 rings (SSSR count). The Bertz CT molecular complexity index is 406. The standard InChI is InChI=1S/C13H16N2O/c14-6-5-9-1-3-11(4-2-9)15-12-7-10(8-12)13(15)16/h1-4,10,12H,5-8,14H2. The highest BCUT2D eigenvalue weighted by Gasteiger charge is 2.50. The van der Waals surface area contributed by atoms with E-state index in [-0.39, 0.29) is 0 Å². The Morgan fingerprint density at radius 2 is 1.94 bits per heavy atom. The molecule has 84 valence electrons. The Morgan fingerprint density at radius 3 is 2.44 bits per heavy atom. The second-order valence-corrected chi connectivity index (χ2v) is 4.74. The molecule has 0 unspecified atom stereocenters. The fraction of sp³-hybridized carbons (Fsp3) is 0.462. The monoisotopic (exact) mass is 216 g/mol. The van der Waals surface area contributed by atoms with E-state index in [1.165, 1.54) is 5.56 Å². The van der Waals surface area contributed by atoms with Crippen LogP contribution in [0.25, 0.3) is 0 Å². The third-order valence-electron chi connectivity index (χ3n) is 3.71. The lowest BCUT2D eigenvalue weighted by atomic mass is 9.86. The summed E-state index contributed by atoms with van der Waals surface area (Å²) in [4.78, 5) is 13.8. The molecule has 1 amide bonds. The van der Waals surface area contributed by atoms with Gasteiger partial charge >= 0.3 is 0 Å². The molecule has 0 radical (unpaired) electrons. The van der Waals surface area contributed by atoms with Crippen LogP contribution in [0.15, 0.2) is 24.3 Å². The normalized spacial score (nSPS) is 27.1. The molecule has 3 heteroatoms. The number of rotatable bonds is 3. The van der Waals surface area contributed by atoms with E-state index in [1.807, 2.05) is 17.0 Å². The van der Waals surface area contributed by atoms with E-state index < -0.39 is 0 Å². The van der Waals surface area contributed by atoms with Gasteiger partial charge in [-0.3, -0.25) is 4.79 Å². The summed E-state index contributed by atoms with van der Waals surface area (Å²) in [6.45, 7) is 0.673. The Labute approximate surface area is 95.2 Å². The number of amides is 1. The van der Waals surface area contributed by atoms with Crippen LogP contribution >= 0.6 is 0 Å². The summed E-state index contributed by atoms with van der Waals surface area (Å²) in [5.41, 5.74) is 7.80. The van der Waals surface area contributed by atoms with Crippen molar-refractivity contribution in [3.05, 3.63) is 29.8 Å². The zero-order valence-corrected chi connectivity index (χ0v) is 9.23. The molecular weight excluding hydrogens is 200 g/mol. The van der Waals surface area contributed by atoms with Crippen LogP contribution < -0.4 is 10.6 Å². The first-order valence-electron chi connectivity index (χ1n) is 5.91. The lowest BCUT2D eigenvalue weighted by Gasteiger charge is -2.25. The Hall–Kier alpha value is -1.35. The number of nitrogens with zero attached hydrogens (tertiary/aromatic N) is 1. The van der Waals surface area contributed by atoms with Crippen LogP contribution in [0.5, 0.6) is 0 Å². The van der Waals surface area contributed by atoms with Gasteiger partial charge in [-0.15, -0.1) is 0 Å². The summed E-state index contributed by atoms with van der Waals surface area (Å²) in [6, 6.07) is 8.71. The maximum Gasteiger partial charge on any atom is 0.230 e. The summed E-state index contributed by atoms with van der Waals surface area (Å²) in [7, 11) is 0. The molecule has 3 nitrogen and oxygen atoms in total. The predicted molar refractivity (Wildman–Crippen MR) is 63.2 cm³/mol. The number of hydrogen-bond donors (Lipinski definition) is 1. The molecule has 3 aliphatic rings. The smallest absolute Gasteiger partial charge is 0.230 e. The first-order valence-corrected chi connectivity index (χ1v) is 5.91. The lowest BCUT2D eigenvalue weighted by molar-refractivity contribution is -0.119. The molecule has 1 aliphatic carbocycles. The summed E-state index contributed by atoms with van der Waals surface area (Å²) in [5.74, 6) is 0.630. The predicted octanol–water partition coefficient (Wildman–Crippen LogP) is 1.31. The second-order valence-electron chi connectivity index (χ2n) is 4.74. The van der Waals surface area contributed by atoms with E-state index in [2.05, 4.69) is 12.1 Å². The van der Waals surface area contributed by atoms with Crippen LogP contribution in [0.4, 0.5) is 5.69 Å². The molecule has 1 saturated carbocycles. The zero-order chi connectivity index (χ0) is 11.1. The summed E-state index contributed by atoms with van der Waals surface area (Å²) >= 11 is 0. The quantitative estimate of drug-likeness (QED) is 0.828. The highest BCUT2D eigenvalue weighted by molar-refractivity contribution is 6.00. The van der Waals surface area contributed by atoms with Crippen molar-refractivity contribution in [2.45, 2.75) is 25.3 Å². The van der Waals surface area contributed by atoms with Crippen LogP contribution in [-0.4, -0.2) is 18.5 Å². The minimum absolute atomic E-state index is 0.314. The maximum atomic E-state index is 11.9. The fourth-order valence-corrected chi connectivity index (χ4v) is 2.70. The molecule has 2 heterocycles. The van der Waals surface area contributed by atoms with E-state index in [0.29, 0.717) is 24.4 Å². The molecular formula is C13H16N2O. The third kappa shape index (κ3) is 1.35. The molecule has 0 atom stereocenters. The van der Waals surface area contributed by atoms with Gasteiger partial charge in [-0.25, -0.2) is 0 Å². The number of anilines is 1. The third-order valence-corrected chi connectivity index (χ3v) is 3.71. The van der Waals surface area contributed by atoms with Crippen molar-refractivity contribution < 1.29 is 4.79 Å². The molecule has 2 saturated heterocycles. The SMILES string of the molecule is NCCc1ccc(N2C(=O)C3CC2C3)cc1. The largest absolute Gasteiger partial charge is 0.330 e. The Balaban J connectivity index is 1.82. The molecule has 16 heavy (non-hydrogen) atoms. The summed E-state index contributed by atoms with van der Waals surface area (Å²) in [5, 5.41) is 0. The van der Waals surface area contributed by atoms with Crippen LogP contribution in [0, 0.1) is 5.92 Å². The van der Waals surface area contributed by atoms with Crippen LogP contribution in [0.3, 0.4) is 0 Å². The molecule has 3 fully saturated rings. The van der Waals surface area contributed by atoms with Crippen molar-refractivity contribution in [3.8, 4) is 0 Å². The first-order chi connectivity index (χ1) is 7.79. The number of fused-ring (bicyclic) bond motifs is 1. The number of hydrogen-bond acceptors (Lipinski definition) is 2. The summed E-state index contributed by atoms with van der Waals surface area (Å²) < 4.78 is 0. The molecule has 2 aliphatic heterocycles. The summed E-state index contributed by atoms with van der Waals surface area (Å²) in [6.07, 6.45) is 3.02. The molecule has 2 bridgehead atoms. The van der Waals surface area contributed by atoms with Crippen molar-refractivity contribution in [2.75, 3.05) is 11.4 Å². The van der Waals surface area contributed by atoms with Gasteiger partial charge in [-0.1, -0.05) is 12.1 Å². The van der Waals surface area contributed by atoms with Crippen molar-refractivity contribution >= 4 is 11.6 Å². The topological polar surface area (TPSA) is 46.3 Å². The van der Waals surface area contributed by atoms with Crippen LogP contribution in [-0.2, 0) is 11.2 Å². The lowest BCUT2D eigenvalue weighted by Crippen LogP contribution is -2.29. The van der Waals surface area contributed by atoms with Gasteiger partial charge in [-0.05, 0) is 43.5 Å². The van der Waals surface area contributed by atoms with Crippen molar-refractivity contribution in [1.82, 2.24) is 0 Å². The van der Waals surface area contributed by atoms with Gasteiger partial charge < -0.3 is 10.6 Å². The van der Waals surface area contributed by atoms with E-state index in [4.69, 9.17) is 5.73 Å². The zero-order valence-electron chi connectivity index (χ0n) is 9.23. The molecule has 1 aromatic rings. The van der Waals surface area contributed by atoms with E-state index >= 15 is 0 Å². The minimum Gasteiger partial charge on any atom is -0.330 e. The highest BCUT2D eigenvalue weighted by Crippen LogP contribution is 2.44. The molecule has 1 aromatic carbocycles. The van der Waals surface area contributed by atoms with Gasteiger partial charge in [0.05, 0.1) is 0 Å². The van der Waals surface area contributed by atoms with E-state index in [9.17, 15) is 4.79 Å². The second kappa shape index (κ2) is 3.59. The fourth-order valence-electron chi connectivity index (χ4n) is 2.70. The van der Waals surface area contributed by atoms with Crippen molar-refractivity contribution in [2.24, 2.45) is 11.7 Å². The number of benzene rings is 1. The number of carbonyl (C=O) groups is 1. The Morgan fingerprint density at radius 1 is 1.25 bits per heavy atom. The van der Waals surface area contributed by atoms with Gasteiger partial charge in [0.2, 0.25) is 5.91 Å². The average Bonchev–Trinajstić information content (AvgIpc) is 2.71. The van der Waals surface area contributed by atoms with Crippen LogP contribution in [0.1, 0.15) is 18.4 Å². The van der Waals surface area contributed by atoms with Crippen LogP contribution in [0.2, 0.25) is 0 Å². The maximum absolute atomic E-state index is 11.9. The van der Waals surface area contributed by atoms with Gasteiger partial charge in [0.25, 0.3) is 0 Å². The first kappa shape index (κ1) is 9.85. The van der Waals surface area contributed by atoms with Crippen molar-refractivity contribution in [3.63, 3.8) is 0 Å². The van der Waals surface area contributed by atoms with Gasteiger partial charge in [0.1, 0.15) is 0 Å².